The number of rotatable bonds is 10. The maximum atomic E-state index is 12.4. The van der Waals surface area contributed by atoms with Crippen LogP contribution >= 0.6 is 0 Å². The lowest BCUT2D eigenvalue weighted by molar-refractivity contribution is -0.120. The van der Waals surface area contributed by atoms with Crippen molar-refractivity contribution in [1.29, 1.82) is 0 Å². The summed E-state index contributed by atoms with van der Waals surface area (Å²) in [6.07, 6.45) is 6.57. The first-order chi connectivity index (χ1) is 15.7. The predicted octanol–water partition coefficient (Wildman–Crippen LogP) is 3.98. The SMILES string of the molecule is CC(C)(Cc1cccc(CC(=O)NCC2CCCCC2)c1)NC[C@H](O)c1cc(O)cc(O)c1. The van der Waals surface area contributed by atoms with Crippen LogP contribution in [0.1, 0.15) is 68.7 Å². The van der Waals surface area contributed by atoms with E-state index >= 15 is 0 Å². The molecule has 5 N–H and O–H groups in total. The largest absolute Gasteiger partial charge is 0.508 e. The number of carbonyl (C=O) groups is 1. The van der Waals surface area contributed by atoms with Crippen molar-refractivity contribution in [3.63, 3.8) is 0 Å². The molecule has 1 aliphatic rings. The molecule has 2 aromatic rings. The van der Waals surface area contributed by atoms with Gasteiger partial charge in [0.15, 0.2) is 0 Å². The quantitative estimate of drug-likeness (QED) is 0.374. The van der Waals surface area contributed by atoms with Crippen molar-refractivity contribution in [3.8, 4) is 11.5 Å². The number of β-amino-alcohol motifs (C(OH)–C–C–N with tert-alkyl or cyclic N) is 1. The number of phenolic OH excluding ortho intramolecular Hbond substituents is 2. The highest BCUT2D eigenvalue weighted by molar-refractivity contribution is 5.78. The van der Waals surface area contributed by atoms with E-state index in [1.54, 1.807) is 0 Å². The molecular weight excluding hydrogens is 416 g/mol. The maximum Gasteiger partial charge on any atom is 0.224 e. The Morgan fingerprint density at radius 1 is 1.03 bits per heavy atom. The molecule has 0 radical (unpaired) electrons. The monoisotopic (exact) mass is 454 g/mol. The fraction of sp³-hybridized carbons (Fsp3) is 0.519. The fourth-order valence-electron chi connectivity index (χ4n) is 4.62. The summed E-state index contributed by atoms with van der Waals surface area (Å²) in [6, 6.07) is 12.2. The van der Waals surface area contributed by atoms with Crippen molar-refractivity contribution >= 4 is 5.91 Å². The number of benzene rings is 2. The van der Waals surface area contributed by atoms with E-state index in [1.807, 2.05) is 12.1 Å². The molecule has 1 saturated carbocycles. The van der Waals surface area contributed by atoms with E-state index in [2.05, 4.69) is 36.6 Å². The van der Waals surface area contributed by atoms with Gasteiger partial charge < -0.3 is 26.0 Å². The van der Waals surface area contributed by atoms with Gasteiger partial charge in [-0.3, -0.25) is 4.79 Å². The minimum atomic E-state index is -0.860. The van der Waals surface area contributed by atoms with Gasteiger partial charge in [0.1, 0.15) is 11.5 Å². The van der Waals surface area contributed by atoms with Gasteiger partial charge in [-0.2, -0.15) is 0 Å². The summed E-state index contributed by atoms with van der Waals surface area (Å²) in [5, 5.41) is 36.2. The first-order valence-corrected chi connectivity index (χ1v) is 12.0. The zero-order valence-corrected chi connectivity index (χ0v) is 19.8. The van der Waals surface area contributed by atoms with E-state index in [0.29, 0.717) is 17.9 Å². The van der Waals surface area contributed by atoms with Gasteiger partial charge in [0, 0.05) is 24.7 Å². The third-order valence-electron chi connectivity index (χ3n) is 6.40. The Labute approximate surface area is 197 Å². The molecule has 33 heavy (non-hydrogen) atoms. The van der Waals surface area contributed by atoms with E-state index in [4.69, 9.17) is 0 Å². The van der Waals surface area contributed by atoms with Crippen molar-refractivity contribution in [3.05, 3.63) is 59.2 Å². The molecule has 1 aliphatic carbocycles. The first kappa shape index (κ1) is 25.1. The Morgan fingerprint density at radius 3 is 2.39 bits per heavy atom. The number of nitrogens with one attached hydrogen (secondary N) is 2. The molecule has 0 spiro atoms. The molecule has 1 atom stereocenters. The lowest BCUT2D eigenvalue weighted by atomic mass is 9.89. The van der Waals surface area contributed by atoms with E-state index in [1.165, 1.54) is 50.3 Å². The smallest absolute Gasteiger partial charge is 0.224 e. The standard InChI is InChI=1S/C27H38N2O4/c1-27(2,29-18-25(32)22-13-23(30)15-24(31)14-22)16-21-10-6-9-20(11-21)12-26(33)28-17-19-7-4-3-5-8-19/h6,9-11,13-15,19,25,29-32H,3-5,7-8,12,16-18H2,1-2H3,(H,28,33)/t25-/m0/s1. The average molecular weight is 455 g/mol. The normalized spacial score (nSPS) is 15.8. The highest BCUT2D eigenvalue weighted by atomic mass is 16.3. The Balaban J connectivity index is 1.49. The zero-order valence-electron chi connectivity index (χ0n) is 19.8. The molecule has 1 amide bonds. The molecule has 1 fully saturated rings. The van der Waals surface area contributed by atoms with Crippen LogP contribution in [0.15, 0.2) is 42.5 Å². The minimum Gasteiger partial charge on any atom is -0.508 e. The summed E-state index contributed by atoms with van der Waals surface area (Å²) >= 11 is 0. The lowest BCUT2D eigenvalue weighted by Crippen LogP contribution is -2.43. The molecule has 0 saturated heterocycles. The van der Waals surface area contributed by atoms with Crippen LogP contribution < -0.4 is 10.6 Å². The number of phenols is 2. The average Bonchev–Trinajstić information content (AvgIpc) is 2.76. The van der Waals surface area contributed by atoms with Crippen LogP contribution in [0.25, 0.3) is 0 Å². The van der Waals surface area contributed by atoms with Gasteiger partial charge in [0.25, 0.3) is 0 Å². The summed E-state index contributed by atoms with van der Waals surface area (Å²) in [6.45, 7) is 5.18. The van der Waals surface area contributed by atoms with Gasteiger partial charge in [0.05, 0.1) is 12.5 Å². The summed E-state index contributed by atoms with van der Waals surface area (Å²) in [5.74, 6) is 0.540. The third-order valence-corrected chi connectivity index (χ3v) is 6.40. The molecule has 0 aromatic heterocycles. The van der Waals surface area contributed by atoms with Crippen molar-refractivity contribution in [1.82, 2.24) is 10.6 Å². The molecule has 6 nitrogen and oxygen atoms in total. The summed E-state index contributed by atoms with van der Waals surface area (Å²) < 4.78 is 0. The summed E-state index contributed by atoms with van der Waals surface area (Å²) in [7, 11) is 0. The van der Waals surface area contributed by atoms with Gasteiger partial charge >= 0.3 is 0 Å². The Kier molecular flexibility index (Phi) is 8.75. The predicted molar refractivity (Wildman–Crippen MR) is 130 cm³/mol. The van der Waals surface area contributed by atoms with Crippen LogP contribution in [0, 0.1) is 5.92 Å². The zero-order chi connectivity index (χ0) is 23.8. The van der Waals surface area contributed by atoms with Gasteiger partial charge in [-0.15, -0.1) is 0 Å². The number of aliphatic hydroxyl groups excluding tert-OH is 1. The second kappa shape index (κ2) is 11.5. The number of hydrogen-bond acceptors (Lipinski definition) is 5. The highest BCUT2D eigenvalue weighted by Gasteiger charge is 2.21. The van der Waals surface area contributed by atoms with Crippen LogP contribution in [0.4, 0.5) is 0 Å². The van der Waals surface area contributed by atoms with Gasteiger partial charge in [-0.05, 0) is 67.9 Å². The molecule has 3 rings (SSSR count). The van der Waals surface area contributed by atoms with Crippen LogP contribution in [0.3, 0.4) is 0 Å². The maximum absolute atomic E-state index is 12.4. The molecule has 2 aromatic carbocycles. The van der Waals surface area contributed by atoms with E-state index in [-0.39, 0.29) is 29.5 Å². The second-order valence-corrected chi connectivity index (χ2v) is 10.0. The molecule has 0 aliphatic heterocycles. The van der Waals surface area contributed by atoms with Crippen LogP contribution in [-0.4, -0.2) is 39.9 Å². The van der Waals surface area contributed by atoms with E-state index in [9.17, 15) is 20.1 Å². The Hall–Kier alpha value is -2.57. The van der Waals surface area contributed by atoms with Crippen LogP contribution in [0.5, 0.6) is 11.5 Å². The number of aliphatic hydroxyl groups is 1. The van der Waals surface area contributed by atoms with Crippen LogP contribution in [0.2, 0.25) is 0 Å². The third kappa shape index (κ3) is 8.37. The minimum absolute atomic E-state index is 0.0765. The highest BCUT2D eigenvalue weighted by Crippen LogP contribution is 2.25. The van der Waals surface area contributed by atoms with E-state index in [0.717, 1.165) is 24.1 Å². The second-order valence-electron chi connectivity index (χ2n) is 10.0. The number of aromatic hydroxyl groups is 2. The number of amides is 1. The lowest BCUT2D eigenvalue weighted by Gasteiger charge is -2.28. The Bertz CT molecular complexity index is 902. The van der Waals surface area contributed by atoms with Gasteiger partial charge in [-0.1, -0.05) is 43.5 Å². The van der Waals surface area contributed by atoms with E-state index < -0.39 is 6.10 Å². The fourth-order valence-corrected chi connectivity index (χ4v) is 4.62. The molecule has 6 heteroatoms. The number of carbonyl (C=O) groups excluding carboxylic acids is 1. The molecular formula is C27H38N2O4. The van der Waals surface area contributed by atoms with Crippen molar-refractivity contribution in [2.75, 3.05) is 13.1 Å². The molecule has 0 unspecified atom stereocenters. The summed E-state index contributed by atoms with van der Waals surface area (Å²) in [4.78, 5) is 12.4. The molecule has 180 valence electrons. The topological polar surface area (TPSA) is 102 Å². The first-order valence-electron chi connectivity index (χ1n) is 12.0. The molecule has 0 bridgehead atoms. The van der Waals surface area contributed by atoms with Crippen LogP contribution in [-0.2, 0) is 17.6 Å². The van der Waals surface area contributed by atoms with Crippen molar-refractivity contribution in [2.24, 2.45) is 5.92 Å². The Morgan fingerprint density at radius 2 is 1.70 bits per heavy atom. The summed E-state index contributed by atoms with van der Waals surface area (Å²) in [5.41, 5.74) is 2.27. The molecule has 0 heterocycles. The van der Waals surface area contributed by atoms with Crippen molar-refractivity contribution in [2.45, 2.75) is 70.4 Å². The number of hydrogen-bond donors (Lipinski definition) is 5. The van der Waals surface area contributed by atoms with Gasteiger partial charge in [0.2, 0.25) is 5.91 Å². The van der Waals surface area contributed by atoms with Gasteiger partial charge in [-0.25, -0.2) is 0 Å². The van der Waals surface area contributed by atoms with Crippen molar-refractivity contribution < 1.29 is 20.1 Å².